The van der Waals surface area contributed by atoms with Crippen molar-refractivity contribution in [2.45, 2.75) is 31.7 Å². The zero-order chi connectivity index (χ0) is 10.3. The topological polar surface area (TPSA) is 24.9 Å². The summed E-state index contributed by atoms with van der Waals surface area (Å²) in [5.74, 6) is 1.87. The van der Waals surface area contributed by atoms with Gasteiger partial charge in [0.05, 0.1) is 11.9 Å². The monoisotopic (exact) mass is 222 g/mol. The van der Waals surface area contributed by atoms with Crippen molar-refractivity contribution in [3.05, 3.63) is 23.5 Å². The Morgan fingerprint density at radius 1 is 1.27 bits per heavy atom. The molecular formula is C12H15ClN2. The van der Waals surface area contributed by atoms with E-state index in [-0.39, 0.29) is 0 Å². The molecular weight excluding hydrogens is 208 g/mol. The highest BCUT2D eigenvalue weighted by Crippen LogP contribution is 2.45. The molecule has 0 radical (unpaired) electrons. The largest absolute Gasteiger partial charge is 0.381 e. The van der Waals surface area contributed by atoms with Gasteiger partial charge < -0.3 is 5.32 Å². The molecule has 3 atom stereocenters. The van der Waals surface area contributed by atoms with Crippen LogP contribution in [0, 0.1) is 11.8 Å². The molecule has 0 amide bonds. The first kappa shape index (κ1) is 9.46. The summed E-state index contributed by atoms with van der Waals surface area (Å²) >= 11 is 5.75. The molecule has 15 heavy (non-hydrogen) atoms. The Labute approximate surface area is 95.0 Å². The van der Waals surface area contributed by atoms with Crippen LogP contribution >= 0.6 is 11.6 Å². The van der Waals surface area contributed by atoms with Crippen LogP contribution in [0.4, 0.5) is 5.69 Å². The van der Waals surface area contributed by atoms with Crippen LogP contribution in [0.25, 0.3) is 0 Å². The average molecular weight is 223 g/mol. The van der Waals surface area contributed by atoms with Gasteiger partial charge in [-0.1, -0.05) is 18.0 Å². The highest BCUT2D eigenvalue weighted by atomic mass is 35.5. The first-order valence-electron chi connectivity index (χ1n) is 5.69. The average Bonchev–Trinajstić information content (AvgIpc) is 2.83. The Morgan fingerprint density at radius 2 is 2.20 bits per heavy atom. The molecule has 2 aliphatic carbocycles. The zero-order valence-electron chi connectivity index (χ0n) is 8.62. The predicted octanol–water partition coefficient (Wildman–Crippen LogP) is 3.34. The fourth-order valence-corrected chi connectivity index (χ4v) is 3.21. The highest BCUT2D eigenvalue weighted by Gasteiger charge is 2.39. The molecule has 1 heterocycles. The third-order valence-electron chi connectivity index (χ3n) is 3.82. The first-order valence-corrected chi connectivity index (χ1v) is 6.07. The van der Waals surface area contributed by atoms with Gasteiger partial charge in [0, 0.05) is 6.04 Å². The van der Waals surface area contributed by atoms with Crippen LogP contribution in [0.15, 0.2) is 18.3 Å². The van der Waals surface area contributed by atoms with Crippen LogP contribution in [0.5, 0.6) is 0 Å². The molecule has 2 aliphatic rings. The summed E-state index contributed by atoms with van der Waals surface area (Å²) in [6.45, 7) is 0. The van der Waals surface area contributed by atoms with Crippen LogP contribution < -0.4 is 5.32 Å². The molecule has 1 aromatic rings. The van der Waals surface area contributed by atoms with E-state index in [0.717, 1.165) is 17.5 Å². The Kier molecular flexibility index (Phi) is 2.32. The second kappa shape index (κ2) is 3.67. The van der Waals surface area contributed by atoms with Crippen molar-refractivity contribution in [1.82, 2.24) is 4.98 Å². The normalized spacial score (nSPS) is 33.3. The minimum absolute atomic E-state index is 0.563. The maximum absolute atomic E-state index is 5.75. The molecule has 1 N–H and O–H groups in total. The molecule has 0 aromatic carbocycles. The van der Waals surface area contributed by atoms with Gasteiger partial charge in [-0.3, -0.25) is 0 Å². The van der Waals surface area contributed by atoms with Crippen molar-refractivity contribution < 1.29 is 0 Å². The SMILES string of the molecule is Clc1ccc(N[C@H]2C[C@H]3CC[C@@H]2C3)cn1. The van der Waals surface area contributed by atoms with Crippen LogP contribution in [-0.4, -0.2) is 11.0 Å². The summed E-state index contributed by atoms with van der Waals surface area (Å²) < 4.78 is 0. The lowest BCUT2D eigenvalue weighted by Crippen LogP contribution is -2.25. The number of fused-ring (bicyclic) bond motifs is 2. The predicted molar refractivity (Wildman–Crippen MR) is 62.1 cm³/mol. The van der Waals surface area contributed by atoms with E-state index >= 15 is 0 Å². The number of hydrogen-bond donors (Lipinski definition) is 1. The first-order chi connectivity index (χ1) is 7.31. The van der Waals surface area contributed by atoms with Crippen LogP contribution in [0.2, 0.25) is 5.15 Å². The number of rotatable bonds is 2. The third-order valence-corrected chi connectivity index (χ3v) is 4.04. The van der Waals surface area contributed by atoms with E-state index in [9.17, 15) is 0 Å². The highest BCUT2D eigenvalue weighted by molar-refractivity contribution is 6.29. The Morgan fingerprint density at radius 3 is 2.80 bits per heavy atom. The number of nitrogens with zero attached hydrogens (tertiary/aromatic N) is 1. The lowest BCUT2D eigenvalue weighted by Gasteiger charge is -2.23. The molecule has 80 valence electrons. The molecule has 3 rings (SSSR count). The van der Waals surface area contributed by atoms with E-state index in [1.807, 2.05) is 18.3 Å². The summed E-state index contributed by atoms with van der Waals surface area (Å²) in [5, 5.41) is 4.14. The van der Waals surface area contributed by atoms with Gasteiger partial charge in [-0.2, -0.15) is 0 Å². The summed E-state index contributed by atoms with van der Waals surface area (Å²) in [4.78, 5) is 4.09. The van der Waals surface area contributed by atoms with Crippen molar-refractivity contribution in [3.63, 3.8) is 0 Å². The van der Waals surface area contributed by atoms with Gasteiger partial charge in [0.25, 0.3) is 0 Å². The summed E-state index contributed by atoms with van der Waals surface area (Å²) in [6.07, 6.45) is 7.45. The lowest BCUT2D eigenvalue weighted by molar-refractivity contribution is 0.439. The van der Waals surface area contributed by atoms with E-state index in [4.69, 9.17) is 11.6 Å². The van der Waals surface area contributed by atoms with Gasteiger partial charge >= 0.3 is 0 Å². The molecule has 0 saturated heterocycles. The van der Waals surface area contributed by atoms with E-state index in [1.54, 1.807) is 0 Å². The standard InChI is InChI=1S/C12H15ClN2/c13-12-4-3-10(7-14-12)15-11-6-8-1-2-9(11)5-8/h3-4,7-9,11,15H,1-2,5-6H2/t8-,9+,11-/m0/s1. The maximum Gasteiger partial charge on any atom is 0.129 e. The van der Waals surface area contributed by atoms with Crippen molar-refractivity contribution >= 4 is 17.3 Å². The summed E-state index contributed by atoms with van der Waals surface area (Å²) in [6, 6.07) is 4.53. The Balaban J connectivity index is 1.68. The van der Waals surface area contributed by atoms with Gasteiger partial charge in [0.2, 0.25) is 0 Å². The molecule has 0 unspecified atom stereocenters. The van der Waals surface area contributed by atoms with Crippen LogP contribution in [0.3, 0.4) is 0 Å². The molecule has 0 spiro atoms. The van der Waals surface area contributed by atoms with Crippen molar-refractivity contribution in [2.75, 3.05) is 5.32 Å². The quantitative estimate of drug-likeness (QED) is 0.777. The van der Waals surface area contributed by atoms with Gasteiger partial charge in [-0.05, 0) is 43.2 Å². The van der Waals surface area contributed by atoms with Crippen molar-refractivity contribution in [3.8, 4) is 0 Å². The van der Waals surface area contributed by atoms with E-state index in [0.29, 0.717) is 11.2 Å². The van der Waals surface area contributed by atoms with E-state index in [1.165, 1.54) is 25.7 Å². The lowest BCUT2D eigenvalue weighted by atomic mass is 9.95. The summed E-state index contributed by atoms with van der Waals surface area (Å²) in [7, 11) is 0. The fourth-order valence-electron chi connectivity index (χ4n) is 3.10. The molecule has 2 bridgehead atoms. The van der Waals surface area contributed by atoms with Crippen molar-refractivity contribution in [2.24, 2.45) is 11.8 Å². The third kappa shape index (κ3) is 1.83. The van der Waals surface area contributed by atoms with E-state index < -0.39 is 0 Å². The molecule has 2 saturated carbocycles. The fraction of sp³-hybridized carbons (Fsp3) is 0.583. The van der Waals surface area contributed by atoms with Gasteiger partial charge in [0.1, 0.15) is 5.15 Å². The number of hydrogen-bond acceptors (Lipinski definition) is 2. The molecule has 1 aromatic heterocycles. The molecule has 2 nitrogen and oxygen atoms in total. The minimum Gasteiger partial charge on any atom is -0.381 e. The molecule has 3 heteroatoms. The zero-order valence-corrected chi connectivity index (χ0v) is 9.37. The minimum atomic E-state index is 0.563. The molecule has 0 aliphatic heterocycles. The number of pyridine rings is 1. The number of anilines is 1. The molecule has 2 fully saturated rings. The smallest absolute Gasteiger partial charge is 0.129 e. The van der Waals surface area contributed by atoms with Gasteiger partial charge in [-0.15, -0.1) is 0 Å². The summed E-state index contributed by atoms with van der Waals surface area (Å²) in [5.41, 5.74) is 1.11. The number of nitrogens with one attached hydrogen (secondary N) is 1. The number of halogens is 1. The van der Waals surface area contributed by atoms with E-state index in [2.05, 4.69) is 10.3 Å². The Hall–Kier alpha value is -0.760. The van der Waals surface area contributed by atoms with Crippen molar-refractivity contribution in [1.29, 1.82) is 0 Å². The van der Waals surface area contributed by atoms with Crippen LogP contribution in [0.1, 0.15) is 25.7 Å². The Bertz CT molecular complexity index is 349. The number of aromatic nitrogens is 1. The van der Waals surface area contributed by atoms with Gasteiger partial charge in [-0.25, -0.2) is 4.98 Å². The second-order valence-corrected chi connectivity index (χ2v) is 5.18. The van der Waals surface area contributed by atoms with Crippen LogP contribution in [-0.2, 0) is 0 Å². The van der Waals surface area contributed by atoms with Gasteiger partial charge in [0.15, 0.2) is 0 Å². The second-order valence-electron chi connectivity index (χ2n) is 4.80. The maximum atomic E-state index is 5.75.